The zero-order valence-corrected chi connectivity index (χ0v) is 22.5. The van der Waals surface area contributed by atoms with Crippen molar-refractivity contribution in [1.82, 2.24) is 4.31 Å². The maximum absolute atomic E-state index is 13.6. The molecule has 4 rings (SSSR count). The first kappa shape index (κ1) is 26.3. The van der Waals surface area contributed by atoms with Gasteiger partial charge in [0.15, 0.2) is 5.84 Å². The summed E-state index contributed by atoms with van der Waals surface area (Å²) in [6.07, 6.45) is 1.81. The van der Waals surface area contributed by atoms with E-state index in [-0.39, 0.29) is 29.1 Å². The summed E-state index contributed by atoms with van der Waals surface area (Å²) in [7, 11) is -5.38. The fourth-order valence-electron chi connectivity index (χ4n) is 3.86. The number of halogens is 2. The minimum atomic E-state index is -4.12. The molecule has 0 spiro atoms. The molecule has 36 heavy (non-hydrogen) atoms. The predicted octanol–water partition coefficient (Wildman–Crippen LogP) is 5.35. The monoisotopic (exact) mass is 562 g/mol. The average molecular weight is 564 g/mol. The van der Waals surface area contributed by atoms with Crippen LogP contribution in [0.25, 0.3) is 0 Å². The summed E-state index contributed by atoms with van der Waals surface area (Å²) in [6.45, 7) is -0.122. The SMILES string of the molecule is CS(=O)CCN(C(=N)C1=NN(c2ccc(Cl)cc2)[C@@H](c2ccccc2)C1)S(=O)(=O)c1ccc(Cl)cc1. The molecule has 11 heteroatoms. The molecule has 0 aromatic heterocycles. The lowest BCUT2D eigenvalue weighted by Gasteiger charge is -2.24. The molecule has 0 saturated carbocycles. The Kier molecular flexibility index (Phi) is 8.14. The molecule has 0 amide bonds. The lowest BCUT2D eigenvalue weighted by Crippen LogP contribution is -2.42. The van der Waals surface area contributed by atoms with Crippen LogP contribution in [0.1, 0.15) is 18.0 Å². The number of nitrogens with zero attached hydrogens (tertiary/aromatic N) is 3. The van der Waals surface area contributed by atoms with Crippen molar-refractivity contribution in [3.8, 4) is 0 Å². The van der Waals surface area contributed by atoms with Crippen molar-refractivity contribution in [2.24, 2.45) is 5.10 Å². The highest BCUT2D eigenvalue weighted by Gasteiger charge is 2.36. The second-order valence-electron chi connectivity index (χ2n) is 8.16. The zero-order valence-electron chi connectivity index (χ0n) is 19.3. The standard InChI is InChI=1S/C25H24Cl2N4O3S2/c1-35(32)16-15-30(36(33,34)22-13-9-20(27)10-14-22)25(28)23-17-24(18-5-3-2-4-6-18)31(29-23)21-11-7-19(26)8-12-21/h2-14,24,28H,15-17H2,1H3/t24-,35?/m1/s1. The van der Waals surface area contributed by atoms with Crippen molar-refractivity contribution in [2.45, 2.75) is 17.4 Å². The van der Waals surface area contributed by atoms with E-state index in [0.29, 0.717) is 22.2 Å². The molecule has 1 aliphatic heterocycles. The number of amidine groups is 1. The van der Waals surface area contributed by atoms with Crippen LogP contribution in [0.3, 0.4) is 0 Å². The second-order valence-corrected chi connectivity index (χ2v) is 12.4. The van der Waals surface area contributed by atoms with E-state index in [9.17, 15) is 12.6 Å². The summed E-state index contributed by atoms with van der Waals surface area (Å²) in [6, 6.07) is 22.4. The zero-order chi connectivity index (χ0) is 25.9. The fraction of sp³-hybridized carbons (Fsp3) is 0.200. The van der Waals surface area contributed by atoms with E-state index in [0.717, 1.165) is 15.6 Å². The highest BCUT2D eigenvalue weighted by molar-refractivity contribution is 7.90. The molecule has 1 N–H and O–H groups in total. The van der Waals surface area contributed by atoms with Gasteiger partial charge in [-0.25, -0.2) is 12.7 Å². The molecule has 188 valence electrons. The smallest absolute Gasteiger partial charge is 0.265 e. The van der Waals surface area contributed by atoms with Gasteiger partial charge in [0.1, 0.15) is 5.71 Å². The Morgan fingerprint density at radius 3 is 2.19 bits per heavy atom. The molecule has 1 aliphatic rings. The van der Waals surface area contributed by atoms with Crippen LogP contribution < -0.4 is 5.01 Å². The lowest BCUT2D eigenvalue weighted by molar-refractivity contribution is 0.533. The van der Waals surface area contributed by atoms with Crippen LogP contribution in [0.15, 0.2) is 88.9 Å². The van der Waals surface area contributed by atoms with Crippen molar-refractivity contribution in [1.29, 1.82) is 5.41 Å². The van der Waals surface area contributed by atoms with Crippen molar-refractivity contribution in [3.05, 3.63) is 94.5 Å². The Hall–Kier alpha value is -2.72. The van der Waals surface area contributed by atoms with Gasteiger partial charge in [-0.3, -0.25) is 14.6 Å². The predicted molar refractivity (Wildman–Crippen MR) is 147 cm³/mol. The number of sulfonamides is 1. The molecule has 0 radical (unpaired) electrons. The van der Waals surface area contributed by atoms with Gasteiger partial charge in [-0.1, -0.05) is 53.5 Å². The minimum Gasteiger partial charge on any atom is -0.282 e. The maximum atomic E-state index is 13.6. The summed E-state index contributed by atoms with van der Waals surface area (Å²) in [5, 5.41) is 16.4. The van der Waals surface area contributed by atoms with E-state index in [2.05, 4.69) is 0 Å². The minimum absolute atomic E-state index is 0.00806. The summed E-state index contributed by atoms with van der Waals surface area (Å²) >= 11 is 12.0. The van der Waals surface area contributed by atoms with Gasteiger partial charge >= 0.3 is 0 Å². The number of anilines is 1. The maximum Gasteiger partial charge on any atom is 0.265 e. The van der Waals surface area contributed by atoms with Crippen molar-refractivity contribution in [3.63, 3.8) is 0 Å². The Bertz CT molecular complexity index is 1400. The largest absolute Gasteiger partial charge is 0.282 e. The summed E-state index contributed by atoms with van der Waals surface area (Å²) in [5.41, 5.74) is 2.04. The van der Waals surface area contributed by atoms with E-state index in [1.807, 2.05) is 42.5 Å². The van der Waals surface area contributed by atoms with Crippen LogP contribution in [0, 0.1) is 5.41 Å². The highest BCUT2D eigenvalue weighted by atomic mass is 35.5. The Morgan fingerprint density at radius 2 is 1.61 bits per heavy atom. The third-order valence-electron chi connectivity index (χ3n) is 5.69. The molecule has 0 bridgehead atoms. The Morgan fingerprint density at radius 1 is 1.03 bits per heavy atom. The van der Waals surface area contributed by atoms with Crippen molar-refractivity contribution >= 4 is 61.3 Å². The molecular weight excluding hydrogens is 539 g/mol. The quantitative estimate of drug-likeness (QED) is 0.296. The van der Waals surface area contributed by atoms with Gasteiger partial charge in [-0.05, 0) is 54.1 Å². The number of hydrogen-bond acceptors (Lipinski definition) is 6. The van der Waals surface area contributed by atoms with Crippen molar-refractivity contribution in [2.75, 3.05) is 23.6 Å². The Labute approximate surface area is 223 Å². The van der Waals surface area contributed by atoms with Crippen LogP contribution in [-0.4, -0.2) is 47.0 Å². The van der Waals surface area contributed by atoms with Gasteiger partial charge in [0.2, 0.25) is 0 Å². The van der Waals surface area contributed by atoms with Gasteiger partial charge < -0.3 is 0 Å². The van der Waals surface area contributed by atoms with E-state index in [4.69, 9.17) is 33.7 Å². The number of hydrogen-bond donors (Lipinski definition) is 1. The van der Waals surface area contributed by atoms with E-state index < -0.39 is 20.8 Å². The van der Waals surface area contributed by atoms with Gasteiger partial charge in [0.05, 0.1) is 16.6 Å². The van der Waals surface area contributed by atoms with Crippen LogP contribution >= 0.6 is 23.2 Å². The van der Waals surface area contributed by atoms with Crippen LogP contribution in [0.5, 0.6) is 0 Å². The van der Waals surface area contributed by atoms with E-state index in [1.165, 1.54) is 30.5 Å². The van der Waals surface area contributed by atoms with E-state index >= 15 is 0 Å². The van der Waals surface area contributed by atoms with Gasteiger partial charge in [0.25, 0.3) is 10.0 Å². The summed E-state index contributed by atoms with van der Waals surface area (Å²) in [4.78, 5) is -0.00806. The first-order valence-corrected chi connectivity index (χ1v) is 14.9. The molecule has 7 nitrogen and oxygen atoms in total. The first-order chi connectivity index (χ1) is 17.2. The first-order valence-electron chi connectivity index (χ1n) is 11.0. The van der Waals surface area contributed by atoms with Crippen molar-refractivity contribution < 1.29 is 12.6 Å². The lowest BCUT2D eigenvalue weighted by atomic mass is 10.0. The third-order valence-corrected chi connectivity index (χ3v) is 8.77. The Balaban J connectivity index is 1.73. The average Bonchev–Trinajstić information content (AvgIpc) is 3.30. The molecule has 2 atom stereocenters. The fourth-order valence-corrected chi connectivity index (χ4v) is 6.08. The third kappa shape index (κ3) is 5.81. The normalized spacial score (nSPS) is 16.5. The van der Waals surface area contributed by atoms with Crippen LogP contribution in [0.2, 0.25) is 10.0 Å². The van der Waals surface area contributed by atoms with Gasteiger partial charge in [0, 0.05) is 45.8 Å². The van der Waals surface area contributed by atoms with Crippen LogP contribution in [-0.2, 0) is 20.8 Å². The van der Waals surface area contributed by atoms with Gasteiger partial charge in [-0.15, -0.1) is 0 Å². The molecule has 1 unspecified atom stereocenters. The highest BCUT2D eigenvalue weighted by Crippen LogP contribution is 2.36. The molecular formula is C25H24Cl2N4O3S2. The number of nitrogens with one attached hydrogen (secondary N) is 1. The molecule has 1 heterocycles. The summed E-state index contributed by atoms with van der Waals surface area (Å²) < 4.78 is 39.9. The molecule has 0 aliphatic carbocycles. The second kappa shape index (κ2) is 11.1. The number of benzene rings is 3. The summed E-state index contributed by atoms with van der Waals surface area (Å²) in [5.74, 6) is -0.182. The molecule has 3 aromatic rings. The molecule has 0 saturated heterocycles. The van der Waals surface area contributed by atoms with Crippen LogP contribution in [0.4, 0.5) is 5.69 Å². The number of rotatable bonds is 8. The van der Waals surface area contributed by atoms with E-state index in [1.54, 1.807) is 17.1 Å². The molecule has 0 fully saturated rings. The molecule has 3 aromatic carbocycles. The topological polar surface area (TPSA) is 93.9 Å². The number of hydrazone groups is 1. The van der Waals surface area contributed by atoms with Gasteiger partial charge in [-0.2, -0.15) is 5.10 Å².